The van der Waals surface area contributed by atoms with E-state index in [1.807, 2.05) is 5.32 Å². The van der Waals surface area contributed by atoms with E-state index < -0.39 is 24.0 Å². The quantitative estimate of drug-likeness (QED) is 0.701. The predicted molar refractivity (Wildman–Crippen MR) is 97.3 cm³/mol. The molecule has 0 radical (unpaired) electrons. The summed E-state index contributed by atoms with van der Waals surface area (Å²) in [6, 6.07) is 11.6. The summed E-state index contributed by atoms with van der Waals surface area (Å²) in [5.74, 6) is -2.15. The molecule has 0 spiro atoms. The van der Waals surface area contributed by atoms with Crippen LogP contribution in [0.25, 0.3) is 0 Å². The monoisotopic (exact) mass is 444 g/mol. The van der Waals surface area contributed by atoms with Crippen LogP contribution in [0, 0.1) is 0 Å². The number of hydrogen-bond donors (Lipinski definition) is 2. The van der Waals surface area contributed by atoms with Crippen LogP contribution in [0.5, 0.6) is 5.75 Å². The van der Waals surface area contributed by atoms with Gasteiger partial charge in [0.15, 0.2) is 0 Å². The minimum Gasteiger partial charge on any atom is -0.497 e. The highest BCUT2D eigenvalue weighted by Gasteiger charge is 2.40. The molecule has 27 heavy (non-hydrogen) atoms. The molecular formula is C18H16BrF3N2O3. The third-order valence-electron chi connectivity index (χ3n) is 3.60. The highest BCUT2D eigenvalue weighted by Crippen LogP contribution is 2.24. The second-order valence-corrected chi connectivity index (χ2v) is 6.47. The van der Waals surface area contributed by atoms with Gasteiger partial charge >= 0.3 is 12.1 Å². The zero-order valence-corrected chi connectivity index (χ0v) is 15.7. The van der Waals surface area contributed by atoms with Gasteiger partial charge in [0.1, 0.15) is 5.75 Å². The summed E-state index contributed by atoms with van der Waals surface area (Å²) >= 11 is 3.26. The fourth-order valence-electron chi connectivity index (χ4n) is 2.26. The first-order chi connectivity index (χ1) is 12.7. The lowest BCUT2D eigenvalue weighted by molar-refractivity contribution is -0.174. The smallest absolute Gasteiger partial charge is 0.471 e. The second-order valence-electron chi connectivity index (χ2n) is 5.56. The van der Waals surface area contributed by atoms with Crippen LogP contribution in [0.2, 0.25) is 0 Å². The summed E-state index contributed by atoms with van der Waals surface area (Å²) in [5.41, 5.74) is 0.832. The van der Waals surface area contributed by atoms with E-state index in [1.165, 1.54) is 31.4 Å². The van der Waals surface area contributed by atoms with E-state index in [2.05, 4.69) is 21.2 Å². The van der Waals surface area contributed by atoms with Crippen molar-refractivity contribution in [3.05, 3.63) is 58.6 Å². The molecule has 0 aliphatic carbocycles. The zero-order valence-electron chi connectivity index (χ0n) is 14.1. The first-order valence-electron chi connectivity index (χ1n) is 7.76. The average molecular weight is 445 g/mol. The molecular weight excluding hydrogens is 429 g/mol. The zero-order chi connectivity index (χ0) is 20.0. The molecule has 2 rings (SSSR count). The lowest BCUT2D eigenvalue weighted by Gasteiger charge is -2.20. The van der Waals surface area contributed by atoms with Gasteiger partial charge in [-0.1, -0.05) is 28.1 Å². The maximum Gasteiger partial charge on any atom is 0.471 e. The highest BCUT2D eigenvalue weighted by molar-refractivity contribution is 9.10. The van der Waals surface area contributed by atoms with Crippen molar-refractivity contribution in [2.24, 2.45) is 0 Å². The summed E-state index contributed by atoms with van der Waals surface area (Å²) in [5, 5.41) is 4.45. The van der Waals surface area contributed by atoms with Crippen molar-refractivity contribution in [1.82, 2.24) is 5.32 Å². The second kappa shape index (κ2) is 8.90. The topological polar surface area (TPSA) is 67.4 Å². The first kappa shape index (κ1) is 20.8. The maximum atomic E-state index is 12.6. The number of nitrogens with one attached hydrogen (secondary N) is 2. The number of rotatable bonds is 6. The predicted octanol–water partition coefficient (Wildman–Crippen LogP) is 4.21. The number of amides is 2. The molecule has 0 heterocycles. The summed E-state index contributed by atoms with van der Waals surface area (Å²) in [6.07, 6.45) is -5.42. The van der Waals surface area contributed by atoms with Crippen LogP contribution < -0.4 is 15.4 Å². The Morgan fingerprint density at radius 2 is 1.67 bits per heavy atom. The fraction of sp³-hybridized carbons (Fsp3) is 0.222. The van der Waals surface area contributed by atoms with Gasteiger partial charge < -0.3 is 15.4 Å². The van der Waals surface area contributed by atoms with E-state index >= 15 is 0 Å². The van der Waals surface area contributed by atoms with Crippen LogP contribution in [0.1, 0.15) is 18.0 Å². The number of ether oxygens (including phenoxy) is 1. The van der Waals surface area contributed by atoms with E-state index in [4.69, 9.17) is 4.74 Å². The lowest BCUT2D eigenvalue weighted by Crippen LogP contribution is -2.40. The van der Waals surface area contributed by atoms with Crippen LogP contribution in [0.3, 0.4) is 0 Å². The van der Waals surface area contributed by atoms with Crippen LogP contribution in [0.15, 0.2) is 53.0 Å². The number of alkyl halides is 3. The Morgan fingerprint density at radius 1 is 1.07 bits per heavy atom. The Morgan fingerprint density at radius 3 is 2.19 bits per heavy atom. The van der Waals surface area contributed by atoms with Gasteiger partial charge in [-0.2, -0.15) is 13.2 Å². The number of halogens is 4. The molecule has 0 bridgehead atoms. The van der Waals surface area contributed by atoms with Gasteiger partial charge in [-0.05, 0) is 42.0 Å². The molecule has 5 nitrogen and oxygen atoms in total. The number of hydrogen-bond acceptors (Lipinski definition) is 3. The van der Waals surface area contributed by atoms with Gasteiger partial charge in [-0.15, -0.1) is 0 Å². The van der Waals surface area contributed by atoms with Crippen molar-refractivity contribution in [3.8, 4) is 5.75 Å². The van der Waals surface area contributed by atoms with Crippen LogP contribution in [0.4, 0.5) is 18.9 Å². The lowest BCUT2D eigenvalue weighted by atomic mass is 10.0. The molecule has 2 aromatic carbocycles. The Balaban J connectivity index is 2.16. The van der Waals surface area contributed by atoms with Crippen molar-refractivity contribution < 1.29 is 27.5 Å². The van der Waals surface area contributed by atoms with Gasteiger partial charge in [0.05, 0.1) is 19.6 Å². The molecule has 0 aromatic heterocycles. The summed E-state index contributed by atoms with van der Waals surface area (Å²) in [7, 11) is 1.45. The molecule has 0 saturated heterocycles. The normalized spacial score (nSPS) is 12.2. The van der Waals surface area contributed by atoms with E-state index in [9.17, 15) is 22.8 Å². The van der Waals surface area contributed by atoms with Gasteiger partial charge in [-0.3, -0.25) is 9.59 Å². The number of methoxy groups -OCH3 is 1. The molecule has 2 aromatic rings. The molecule has 2 amide bonds. The van der Waals surface area contributed by atoms with E-state index in [0.717, 1.165) is 4.47 Å². The van der Waals surface area contributed by atoms with Crippen LogP contribution in [-0.4, -0.2) is 25.1 Å². The maximum absolute atomic E-state index is 12.6. The van der Waals surface area contributed by atoms with E-state index in [0.29, 0.717) is 17.0 Å². The Hall–Kier alpha value is -2.55. The number of carbonyl (C=O) groups excluding carboxylic acids is 2. The summed E-state index contributed by atoms with van der Waals surface area (Å²) in [6.45, 7) is 0. The van der Waals surface area contributed by atoms with E-state index in [1.54, 1.807) is 24.3 Å². The van der Waals surface area contributed by atoms with Gasteiger partial charge in [-0.25, -0.2) is 0 Å². The Labute approximate surface area is 162 Å². The summed E-state index contributed by atoms with van der Waals surface area (Å²) in [4.78, 5) is 23.6. The van der Waals surface area contributed by atoms with Crippen LogP contribution in [-0.2, 0) is 9.59 Å². The van der Waals surface area contributed by atoms with Gasteiger partial charge in [0.2, 0.25) is 5.91 Å². The first-order valence-corrected chi connectivity index (χ1v) is 8.55. The van der Waals surface area contributed by atoms with Gasteiger partial charge in [0, 0.05) is 10.2 Å². The molecule has 0 fully saturated rings. The molecule has 0 aliphatic rings. The highest BCUT2D eigenvalue weighted by atomic mass is 79.9. The molecule has 9 heteroatoms. The number of benzene rings is 2. The van der Waals surface area contributed by atoms with Gasteiger partial charge in [0.25, 0.3) is 0 Å². The molecule has 1 atom stereocenters. The van der Waals surface area contributed by atoms with Crippen molar-refractivity contribution in [2.75, 3.05) is 12.4 Å². The standard InChI is InChI=1S/C18H16BrF3N2O3/c1-27-14-8-2-11(3-9-14)15(24-17(26)18(20,21)22)10-16(25)23-13-6-4-12(19)5-7-13/h2-9,15H,10H2,1H3,(H,23,25)(H,24,26). The van der Waals surface area contributed by atoms with E-state index in [-0.39, 0.29) is 6.42 Å². The molecule has 144 valence electrons. The molecule has 2 N–H and O–H groups in total. The Bertz CT molecular complexity index is 793. The molecule has 0 aliphatic heterocycles. The SMILES string of the molecule is COc1ccc(C(CC(=O)Nc2ccc(Br)cc2)NC(=O)C(F)(F)F)cc1. The molecule has 0 saturated carbocycles. The third-order valence-corrected chi connectivity index (χ3v) is 4.13. The Kier molecular flexibility index (Phi) is 6.84. The fourth-order valence-corrected chi connectivity index (χ4v) is 2.52. The van der Waals surface area contributed by atoms with Crippen molar-refractivity contribution in [3.63, 3.8) is 0 Å². The van der Waals surface area contributed by atoms with Crippen molar-refractivity contribution in [2.45, 2.75) is 18.6 Å². The van der Waals surface area contributed by atoms with Crippen molar-refractivity contribution in [1.29, 1.82) is 0 Å². The van der Waals surface area contributed by atoms with Crippen molar-refractivity contribution >= 4 is 33.4 Å². The largest absolute Gasteiger partial charge is 0.497 e. The minimum atomic E-state index is -5.05. The number of anilines is 1. The average Bonchev–Trinajstić information content (AvgIpc) is 2.62. The number of carbonyl (C=O) groups is 2. The molecule has 1 unspecified atom stereocenters. The summed E-state index contributed by atoms with van der Waals surface area (Å²) < 4.78 is 43.7. The third kappa shape index (κ3) is 6.28. The minimum absolute atomic E-state index is 0.347. The van der Waals surface area contributed by atoms with Crippen LogP contribution >= 0.6 is 15.9 Å².